The summed E-state index contributed by atoms with van der Waals surface area (Å²) in [5.41, 5.74) is 3.11. The van der Waals surface area contributed by atoms with E-state index in [0.717, 1.165) is 10.0 Å². The second kappa shape index (κ2) is 7.18. The Morgan fingerprint density at radius 3 is 1.92 bits per heavy atom. The molecule has 2 amide bonds. The predicted octanol–water partition coefficient (Wildman–Crippen LogP) is 4.96. The normalized spacial score (nSPS) is 11.0. The first-order valence-corrected chi connectivity index (χ1v) is 8.45. The van der Waals surface area contributed by atoms with E-state index in [1.165, 1.54) is 6.92 Å². The van der Waals surface area contributed by atoms with E-state index in [1.807, 2.05) is 18.2 Å². The minimum Gasteiger partial charge on any atom is -0.326 e. The lowest BCUT2D eigenvalue weighted by Gasteiger charge is -2.21. The molecular weight excluding hydrogens is 368 g/mol. The summed E-state index contributed by atoms with van der Waals surface area (Å²) < 4.78 is 0.920. The van der Waals surface area contributed by atoms with E-state index in [-0.39, 0.29) is 17.2 Å². The molecule has 0 aliphatic heterocycles. The van der Waals surface area contributed by atoms with Crippen LogP contribution in [-0.2, 0) is 10.2 Å². The first-order valence-electron chi connectivity index (χ1n) is 7.66. The van der Waals surface area contributed by atoms with E-state index >= 15 is 0 Å². The van der Waals surface area contributed by atoms with Gasteiger partial charge in [-0.1, -0.05) is 42.8 Å². The Bertz CT molecular complexity index is 762. The van der Waals surface area contributed by atoms with Gasteiger partial charge in [0.15, 0.2) is 0 Å². The molecule has 0 atom stereocenters. The second-order valence-electron chi connectivity index (χ2n) is 6.66. The van der Waals surface area contributed by atoms with Gasteiger partial charge in [0.1, 0.15) is 0 Å². The van der Waals surface area contributed by atoms with Crippen LogP contribution in [0.4, 0.5) is 11.4 Å². The van der Waals surface area contributed by atoms with Crippen molar-refractivity contribution in [3.63, 3.8) is 0 Å². The van der Waals surface area contributed by atoms with Crippen molar-refractivity contribution in [1.29, 1.82) is 0 Å². The highest BCUT2D eigenvalue weighted by Crippen LogP contribution is 2.30. The van der Waals surface area contributed by atoms with Crippen molar-refractivity contribution in [3.05, 3.63) is 58.1 Å². The van der Waals surface area contributed by atoms with Crippen LogP contribution in [0.5, 0.6) is 0 Å². The van der Waals surface area contributed by atoms with E-state index < -0.39 is 0 Å². The summed E-state index contributed by atoms with van der Waals surface area (Å²) in [6.07, 6.45) is 0. The van der Waals surface area contributed by atoms with Gasteiger partial charge in [-0.05, 0) is 47.4 Å². The van der Waals surface area contributed by atoms with Crippen LogP contribution >= 0.6 is 15.9 Å². The Labute approximate surface area is 150 Å². The summed E-state index contributed by atoms with van der Waals surface area (Å²) in [6, 6.07) is 12.6. The van der Waals surface area contributed by atoms with Gasteiger partial charge in [-0.25, -0.2) is 0 Å². The Balaban J connectivity index is 2.12. The highest BCUT2D eigenvalue weighted by molar-refractivity contribution is 9.10. The number of rotatable bonds is 3. The maximum Gasteiger partial charge on any atom is 0.255 e. The largest absolute Gasteiger partial charge is 0.326 e. The minimum absolute atomic E-state index is 0.00732. The fraction of sp³-hybridized carbons (Fsp3) is 0.263. The van der Waals surface area contributed by atoms with Crippen LogP contribution in [0, 0.1) is 0 Å². The molecule has 0 saturated heterocycles. The van der Waals surface area contributed by atoms with Crippen molar-refractivity contribution in [1.82, 2.24) is 0 Å². The SMILES string of the molecule is CC(=O)Nc1ccc(NC(=O)c2ccc(C(C)(C)C)c(Br)c2)cc1. The molecule has 0 spiro atoms. The van der Waals surface area contributed by atoms with Crippen molar-refractivity contribution >= 4 is 39.1 Å². The third-order valence-corrected chi connectivity index (χ3v) is 4.16. The molecule has 126 valence electrons. The number of halogens is 1. The first kappa shape index (κ1) is 18.2. The van der Waals surface area contributed by atoms with Crippen LogP contribution in [0.25, 0.3) is 0 Å². The molecular formula is C19H21BrN2O2. The third kappa shape index (κ3) is 4.68. The first-order chi connectivity index (χ1) is 11.2. The minimum atomic E-state index is -0.177. The number of carbonyl (C=O) groups excluding carboxylic acids is 2. The van der Waals surface area contributed by atoms with Crippen molar-refractivity contribution in [2.24, 2.45) is 0 Å². The van der Waals surface area contributed by atoms with Gasteiger partial charge in [0.2, 0.25) is 5.91 Å². The highest BCUT2D eigenvalue weighted by Gasteiger charge is 2.18. The van der Waals surface area contributed by atoms with E-state index in [4.69, 9.17) is 0 Å². The zero-order chi connectivity index (χ0) is 17.9. The van der Waals surface area contributed by atoms with Gasteiger partial charge in [0, 0.05) is 28.3 Å². The fourth-order valence-electron chi connectivity index (χ4n) is 2.31. The third-order valence-electron chi connectivity index (χ3n) is 3.50. The van der Waals surface area contributed by atoms with Gasteiger partial charge in [0.25, 0.3) is 5.91 Å². The number of nitrogens with one attached hydrogen (secondary N) is 2. The summed E-state index contributed by atoms with van der Waals surface area (Å²) in [7, 11) is 0. The van der Waals surface area contributed by atoms with E-state index in [2.05, 4.69) is 47.3 Å². The number of benzene rings is 2. The Morgan fingerprint density at radius 1 is 0.917 bits per heavy atom. The van der Waals surface area contributed by atoms with Crippen LogP contribution in [0.1, 0.15) is 43.6 Å². The molecule has 0 unspecified atom stereocenters. The van der Waals surface area contributed by atoms with E-state index in [9.17, 15) is 9.59 Å². The zero-order valence-corrected chi connectivity index (χ0v) is 15.8. The smallest absolute Gasteiger partial charge is 0.255 e. The molecule has 2 rings (SSSR count). The second-order valence-corrected chi connectivity index (χ2v) is 7.51. The summed E-state index contributed by atoms with van der Waals surface area (Å²) in [6.45, 7) is 7.84. The van der Waals surface area contributed by atoms with Crippen LogP contribution < -0.4 is 10.6 Å². The molecule has 4 nitrogen and oxygen atoms in total. The number of amides is 2. The quantitative estimate of drug-likeness (QED) is 0.780. The fourth-order valence-corrected chi connectivity index (χ4v) is 3.28. The van der Waals surface area contributed by atoms with Gasteiger partial charge in [-0.2, -0.15) is 0 Å². The molecule has 2 N–H and O–H groups in total. The molecule has 0 heterocycles. The summed E-state index contributed by atoms with van der Waals surface area (Å²) in [4.78, 5) is 23.4. The predicted molar refractivity (Wildman–Crippen MR) is 102 cm³/mol. The molecule has 5 heteroatoms. The van der Waals surface area contributed by atoms with Crippen molar-refractivity contribution < 1.29 is 9.59 Å². The summed E-state index contributed by atoms with van der Waals surface area (Å²) >= 11 is 3.55. The molecule has 2 aromatic rings. The number of hydrogen-bond donors (Lipinski definition) is 2. The van der Waals surface area contributed by atoms with Gasteiger partial charge in [-0.3, -0.25) is 9.59 Å². The average molecular weight is 389 g/mol. The van der Waals surface area contributed by atoms with Crippen molar-refractivity contribution in [2.75, 3.05) is 10.6 Å². The van der Waals surface area contributed by atoms with Crippen LogP contribution in [0.3, 0.4) is 0 Å². The van der Waals surface area contributed by atoms with Crippen molar-refractivity contribution in [2.45, 2.75) is 33.1 Å². The number of carbonyl (C=O) groups is 2. The maximum absolute atomic E-state index is 12.4. The lowest BCUT2D eigenvalue weighted by molar-refractivity contribution is -0.114. The lowest BCUT2D eigenvalue weighted by Crippen LogP contribution is -2.15. The molecule has 0 aliphatic rings. The van der Waals surface area contributed by atoms with Crippen molar-refractivity contribution in [3.8, 4) is 0 Å². The Hall–Kier alpha value is -2.14. The number of anilines is 2. The van der Waals surface area contributed by atoms with Gasteiger partial charge >= 0.3 is 0 Å². The number of hydrogen-bond acceptors (Lipinski definition) is 2. The topological polar surface area (TPSA) is 58.2 Å². The van der Waals surface area contributed by atoms with Gasteiger partial charge in [-0.15, -0.1) is 0 Å². The zero-order valence-electron chi connectivity index (χ0n) is 14.2. The van der Waals surface area contributed by atoms with E-state index in [1.54, 1.807) is 24.3 Å². The monoisotopic (exact) mass is 388 g/mol. The summed E-state index contributed by atoms with van der Waals surface area (Å²) in [5.74, 6) is -0.306. The standard InChI is InChI=1S/C19H21BrN2O2/c1-12(23)21-14-6-8-15(9-7-14)22-18(24)13-5-10-16(17(20)11-13)19(2,3)4/h5-11H,1-4H3,(H,21,23)(H,22,24). The van der Waals surface area contributed by atoms with Crippen LogP contribution in [0.15, 0.2) is 46.9 Å². The molecule has 0 radical (unpaired) electrons. The molecule has 0 bridgehead atoms. The molecule has 0 saturated carbocycles. The molecule has 24 heavy (non-hydrogen) atoms. The Kier molecular flexibility index (Phi) is 5.44. The molecule has 0 aliphatic carbocycles. The Morgan fingerprint density at radius 2 is 1.46 bits per heavy atom. The molecule has 0 fully saturated rings. The van der Waals surface area contributed by atoms with E-state index in [0.29, 0.717) is 16.9 Å². The van der Waals surface area contributed by atoms with Crippen LogP contribution in [-0.4, -0.2) is 11.8 Å². The van der Waals surface area contributed by atoms with Gasteiger partial charge in [0.05, 0.1) is 0 Å². The van der Waals surface area contributed by atoms with Gasteiger partial charge < -0.3 is 10.6 Å². The highest BCUT2D eigenvalue weighted by atomic mass is 79.9. The maximum atomic E-state index is 12.4. The lowest BCUT2D eigenvalue weighted by atomic mass is 9.86. The van der Waals surface area contributed by atoms with Crippen LogP contribution in [0.2, 0.25) is 0 Å². The summed E-state index contributed by atoms with van der Waals surface area (Å²) in [5, 5.41) is 5.54. The molecule has 0 aromatic heterocycles. The average Bonchev–Trinajstić information content (AvgIpc) is 2.47. The molecule has 2 aromatic carbocycles.